The lowest BCUT2D eigenvalue weighted by atomic mass is 10.0. The zero-order chi connectivity index (χ0) is 19.0. The molecule has 0 spiro atoms. The van der Waals surface area contributed by atoms with Gasteiger partial charge in [0.25, 0.3) is 0 Å². The van der Waals surface area contributed by atoms with Gasteiger partial charge in [0.1, 0.15) is 17.2 Å². The van der Waals surface area contributed by atoms with Crippen molar-refractivity contribution in [1.29, 1.82) is 0 Å². The summed E-state index contributed by atoms with van der Waals surface area (Å²) < 4.78 is 24.7. The number of benzene rings is 2. The molecule has 0 atom stereocenters. The second-order valence-electron chi connectivity index (χ2n) is 6.96. The monoisotopic (exact) mass is 358 g/mol. The maximum absolute atomic E-state index is 14.0. The zero-order valence-corrected chi connectivity index (χ0v) is 15.5. The summed E-state index contributed by atoms with van der Waals surface area (Å²) >= 11 is 0. The van der Waals surface area contributed by atoms with Crippen molar-refractivity contribution in [2.24, 2.45) is 0 Å². The van der Waals surface area contributed by atoms with Crippen molar-refractivity contribution in [1.82, 2.24) is 5.32 Å². The van der Waals surface area contributed by atoms with E-state index < -0.39 is 11.7 Å². The molecule has 0 heterocycles. The van der Waals surface area contributed by atoms with Crippen LogP contribution in [-0.2, 0) is 11.2 Å². The molecule has 26 heavy (non-hydrogen) atoms. The van der Waals surface area contributed by atoms with Gasteiger partial charge in [0.15, 0.2) is 0 Å². The molecule has 139 valence electrons. The van der Waals surface area contributed by atoms with Gasteiger partial charge in [-0.25, -0.2) is 9.18 Å². The van der Waals surface area contributed by atoms with Gasteiger partial charge >= 0.3 is 6.09 Å². The Labute approximate surface area is 154 Å². The van der Waals surface area contributed by atoms with Crippen molar-refractivity contribution >= 4 is 6.09 Å². The Morgan fingerprint density at radius 3 is 2.65 bits per heavy atom. The van der Waals surface area contributed by atoms with Crippen molar-refractivity contribution in [2.45, 2.75) is 39.2 Å². The number of amides is 1. The summed E-state index contributed by atoms with van der Waals surface area (Å²) in [5.74, 6) is 0.197. The second kappa shape index (κ2) is 9.22. The van der Waals surface area contributed by atoms with Gasteiger partial charge in [-0.05, 0) is 50.5 Å². The van der Waals surface area contributed by atoms with E-state index in [2.05, 4.69) is 11.4 Å². The van der Waals surface area contributed by atoms with E-state index in [0.717, 1.165) is 5.56 Å². The Bertz CT molecular complexity index is 711. The quantitative estimate of drug-likeness (QED) is 0.741. The van der Waals surface area contributed by atoms with E-state index in [1.807, 2.05) is 51.1 Å². The minimum atomic E-state index is -0.515. The van der Waals surface area contributed by atoms with Crippen molar-refractivity contribution in [2.75, 3.05) is 13.2 Å². The molecular formula is C21H25FNO3. The summed E-state index contributed by atoms with van der Waals surface area (Å²) in [6.07, 6.45) is 0.659. The molecule has 0 fully saturated rings. The number of halogens is 1. The molecular weight excluding hydrogens is 333 g/mol. The van der Waals surface area contributed by atoms with Gasteiger partial charge in [-0.1, -0.05) is 30.3 Å². The third-order valence-electron chi connectivity index (χ3n) is 3.44. The fourth-order valence-corrected chi connectivity index (χ4v) is 2.29. The number of ether oxygens (including phenoxy) is 2. The minimum Gasteiger partial charge on any atom is -0.493 e. The average Bonchev–Trinajstić information content (AvgIpc) is 2.56. The number of carbonyl (C=O) groups excluding carboxylic acids is 1. The van der Waals surface area contributed by atoms with Gasteiger partial charge in [-0.3, -0.25) is 0 Å². The lowest BCUT2D eigenvalue weighted by Gasteiger charge is -2.19. The largest absolute Gasteiger partial charge is 0.493 e. The van der Waals surface area contributed by atoms with Crippen LogP contribution in [0.3, 0.4) is 0 Å². The van der Waals surface area contributed by atoms with E-state index in [4.69, 9.17) is 9.47 Å². The molecule has 2 aromatic rings. The Kier molecular flexibility index (Phi) is 7.01. The fourth-order valence-electron chi connectivity index (χ4n) is 2.29. The molecule has 0 aromatic heterocycles. The molecule has 0 aliphatic rings. The molecule has 5 heteroatoms. The SMILES string of the molecule is CC(C)(C)OC(=O)NCCCOc1[c]cc(F)c(Cc2ccccc2)c1. The summed E-state index contributed by atoms with van der Waals surface area (Å²) in [5.41, 5.74) is 1.08. The van der Waals surface area contributed by atoms with Gasteiger partial charge in [0, 0.05) is 19.0 Å². The molecule has 1 radical (unpaired) electrons. The average molecular weight is 358 g/mol. The fraction of sp³-hybridized carbons (Fsp3) is 0.381. The first kappa shape index (κ1) is 19.8. The maximum Gasteiger partial charge on any atom is 0.407 e. The van der Waals surface area contributed by atoms with Gasteiger partial charge in [0.2, 0.25) is 0 Å². The molecule has 1 amide bonds. The molecule has 0 aliphatic carbocycles. The number of carbonyl (C=O) groups is 1. The Morgan fingerprint density at radius 1 is 1.23 bits per heavy atom. The topological polar surface area (TPSA) is 47.6 Å². The van der Waals surface area contributed by atoms with Crippen LogP contribution in [0.5, 0.6) is 5.75 Å². The van der Waals surface area contributed by atoms with Crippen molar-refractivity contribution in [3.05, 3.63) is 65.5 Å². The first-order valence-electron chi connectivity index (χ1n) is 8.67. The van der Waals surface area contributed by atoms with Gasteiger partial charge in [-0.2, -0.15) is 0 Å². The number of rotatable bonds is 7. The van der Waals surface area contributed by atoms with Crippen LogP contribution >= 0.6 is 0 Å². The summed E-state index contributed by atoms with van der Waals surface area (Å²) in [4.78, 5) is 11.5. The summed E-state index contributed by atoms with van der Waals surface area (Å²) in [6.45, 7) is 6.27. The standard InChI is InChI=1S/C21H25FNO3/c1-21(2,3)26-20(24)23-12-7-13-25-18-10-11-19(22)17(15-18)14-16-8-5-4-6-9-16/h4-6,8-9,11,15H,7,12-14H2,1-3H3,(H,23,24). The highest BCUT2D eigenvalue weighted by Gasteiger charge is 2.15. The van der Waals surface area contributed by atoms with Crippen LogP contribution < -0.4 is 10.1 Å². The molecule has 0 aliphatic heterocycles. The lowest BCUT2D eigenvalue weighted by Crippen LogP contribution is -2.33. The van der Waals surface area contributed by atoms with E-state index in [9.17, 15) is 9.18 Å². The van der Waals surface area contributed by atoms with E-state index in [1.165, 1.54) is 6.07 Å². The highest BCUT2D eigenvalue weighted by molar-refractivity contribution is 5.67. The molecule has 4 nitrogen and oxygen atoms in total. The molecule has 0 unspecified atom stereocenters. The van der Waals surface area contributed by atoms with Crippen LogP contribution in [0.15, 0.2) is 42.5 Å². The lowest BCUT2D eigenvalue weighted by molar-refractivity contribution is 0.0525. The Hall–Kier alpha value is -2.56. The third kappa shape index (κ3) is 7.13. The van der Waals surface area contributed by atoms with Crippen molar-refractivity contribution in [3.8, 4) is 5.75 Å². The van der Waals surface area contributed by atoms with Crippen molar-refractivity contribution in [3.63, 3.8) is 0 Å². The van der Waals surface area contributed by atoms with Crippen molar-refractivity contribution < 1.29 is 18.7 Å². The van der Waals surface area contributed by atoms with Gasteiger partial charge in [-0.15, -0.1) is 0 Å². The Balaban J connectivity index is 1.78. The maximum atomic E-state index is 14.0. The van der Waals surface area contributed by atoms with E-state index in [-0.39, 0.29) is 5.82 Å². The molecule has 0 bridgehead atoms. The highest BCUT2D eigenvalue weighted by Crippen LogP contribution is 2.19. The summed E-state index contributed by atoms with van der Waals surface area (Å²) in [6, 6.07) is 15.5. The smallest absolute Gasteiger partial charge is 0.407 e. The van der Waals surface area contributed by atoms with Gasteiger partial charge < -0.3 is 14.8 Å². The Morgan fingerprint density at radius 2 is 1.96 bits per heavy atom. The van der Waals surface area contributed by atoms with Crippen LogP contribution in [0.25, 0.3) is 0 Å². The number of hydrogen-bond donors (Lipinski definition) is 1. The molecule has 0 saturated carbocycles. The van der Waals surface area contributed by atoms with E-state index in [1.54, 1.807) is 6.07 Å². The second-order valence-corrected chi connectivity index (χ2v) is 6.96. The van der Waals surface area contributed by atoms with E-state index in [0.29, 0.717) is 37.3 Å². The molecule has 2 rings (SSSR count). The number of alkyl carbamates (subject to hydrolysis) is 1. The zero-order valence-electron chi connectivity index (χ0n) is 15.5. The first-order chi connectivity index (χ1) is 12.3. The van der Waals surface area contributed by atoms with Crippen LogP contribution in [0, 0.1) is 11.9 Å². The third-order valence-corrected chi connectivity index (χ3v) is 3.44. The summed E-state index contributed by atoms with van der Waals surface area (Å²) in [7, 11) is 0. The molecule has 0 saturated heterocycles. The van der Waals surface area contributed by atoms with Gasteiger partial charge in [0.05, 0.1) is 6.61 Å². The van der Waals surface area contributed by atoms with Crippen LogP contribution in [0.1, 0.15) is 38.3 Å². The predicted molar refractivity (Wildman–Crippen MR) is 98.8 cm³/mol. The predicted octanol–water partition coefficient (Wildman–Crippen LogP) is 4.51. The minimum absolute atomic E-state index is 0.298. The number of nitrogens with one attached hydrogen (secondary N) is 1. The van der Waals surface area contributed by atoms with Crippen LogP contribution in [0.2, 0.25) is 0 Å². The molecule has 2 aromatic carbocycles. The van der Waals surface area contributed by atoms with Crippen LogP contribution in [0.4, 0.5) is 9.18 Å². The highest BCUT2D eigenvalue weighted by atomic mass is 19.1. The van der Waals surface area contributed by atoms with E-state index >= 15 is 0 Å². The normalized spacial score (nSPS) is 11.1. The number of hydrogen-bond acceptors (Lipinski definition) is 3. The molecule has 1 N–H and O–H groups in total. The van der Waals surface area contributed by atoms with Crippen LogP contribution in [-0.4, -0.2) is 24.8 Å². The summed E-state index contributed by atoms with van der Waals surface area (Å²) in [5, 5.41) is 2.67. The first-order valence-corrected chi connectivity index (χ1v) is 8.67.